The molecule has 1 aliphatic rings. The van der Waals surface area contributed by atoms with Gasteiger partial charge in [-0.15, -0.1) is 0 Å². The van der Waals surface area contributed by atoms with Crippen LogP contribution in [0.1, 0.15) is 33.3 Å². The number of aryl methyl sites for hydroxylation is 2. The number of rotatable bonds is 5. The number of benzene rings is 2. The van der Waals surface area contributed by atoms with Crippen LogP contribution in [0.15, 0.2) is 82.7 Å². The summed E-state index contributed by atoms with van der Waals surface area (Å²) in [4.78, 5) is 32.7. The first-order valence-corrected chi connectivity index (χ1v) is 10.8. The normalized spacial score (nSPS) is 15.9. The summed E-state index contributed by atoms with van der Waals surface area (Å²) < 4.78 is 11.2. The topological polar surface area (TPSA) is 92.9 Å². The molecule has 170 valence electrons. The quantitative estimate of drug-likeness (QED) is 0.415. The Hall–Kier alpha value is -4.39. The van der Waals surface area contributed by atoms with Crippen molar-refractivity contribution in [2.75, 3.05) is 12.0 Å². The van der Waals surface area contributed by atoms with E-state index in [2.05, 4.69) is 4.98 Å². The summed E-state index contributed by atoms with van der Waals surface area (Å²) in [7, 11) is 1.52. The van der Waals surface area contributed by atoms with E-state index in [1.54, 1.807) is 48.8 Å². The van der Waals surface area contributed by atoms with Gasteiger partial charge in [0.2, 0.25) is 5.78 Å². The lowest BCUT2D eigenvalue weighted by molar-refractivity contribution is -0.117. The van der Waals surface area contributed by atoms with Gasteiger partial charge in [-0.3, -0.25) is 19.5 Å². The van der Waals surface area contributed by atoms with Crippen molar-refractivity contribution in [3.05, 3.63) is 101 Å². The number of Topliss-reactive ketones (excluding diaryl/α,β-unsaturated/α-hetero) is 1. The molecule has 0 aliphatic carbocycles. The van der Waals surface area contributed by atoms with Crippen LogP contribution >= 0.6 is 0 Å². The number of ketones is 1. The average Bonchev–Trinajstić information content (AvgIpc) is 3.39. The van der Waals surface area contributed by atoms with Crippen molar-refractivity contribution in [1.29, 1.82) is 0 Å². The Morgan fingerprint density at radius 2 is 1.94 bits per heavy atom. The predicted octanol–water partition coefficient (Wildman–Crippen LogP) is 5.24. The molecule has 7 nitrogen and oxygen atoms in total. The molecule has 0 fully saturated rings. The summed E-state index contributed by atoms with van der Waals surface area (Å²) in [5.74, 6) is -1.35. The molecule has 0 bridgehead atoms. The van der Waals surface area contributed by atoms with Gasteiger partial charge in [-0.1, -0.05) is 35.9 Å². The third-order valence-corrected chi connectivity index (χ3v) is 6.02. The molecule has 2 aromatic heterocycles. The Labute approximate surface area is 195 Å². The summed E-state index contributed by atoms with van der Waals surface area (Å²) in [6.45, 7) is 3.85. The largest absolute Gasteiger partial charge is 0.503 e. The van der Waals surface area contributed by atoms with Crippen LogP contribution in [0.4, 0.5) is 5.69 Å². The number of hydrogen-bond acceptors (Lipinski definition) is 6. The maximum Gasteiger partial charge on any atom is 0.294 e. The van der Waals surface area contributed by atoms with E-state index in [1.165, 1.54) is 12.0 Å². The molecule has 7 heteroatoms. The highest BCUT2D eigenvalue weighted by Gasteiger charge is 2.46. The lowest BCUT2D eigenvalue weighted by Crippen LogP contribution is -2.31. The molecule has 5 rings (SSSR count). The van der Waals surface area contributed by atoms with Crippen LogP contribution in [-0.2, 0) is 4.79 Å². The van der Waals surface area contributed by atoms with E-state index >= 15 is 0 Å². The SMILES string of the molecule is COc1cccc2cc(C(=O)C3=C(O)C(=O)N(c4ccc(C)cc4C)C3c3cccnc3)oc12. The first-order valence-electron chi connectivity index (χ1n) is 10.8. The summed E-state index contributed by atoms with van der Waals surface area (Å²) in [6.07, 6.45) is 3.19. The van der Waals surface area contributed by atoms with Gasteiger partial charge < -0.3 is 14.3 Å². The lowest BCUT2D eigenvalue weighted by atomic mass is 9.95. The molecular weight excluding hydrogens is 432 g/mol. The number of amides is 1. The highest BCUT2D eigenvalue weighted by Crippen LogP contribution is 2.43. The van der Waals surface area contributed by atoms with E-state index < -0.39 is 23.5 Å². The van der Waals surface area contributed by atoms with Crippen LogP contribution in [0.3, 0.4) is 0 Å². The second kappa shape index (κ2) is 8.19. The number of aliphatic hydroxyl groups is 1. The zero-order valence-corrected chi connectivity index (χ0v) is 18.9. The molecule has 1 unspecified atom stereocenters. The van der Waals surface area contributed by atoms with E-state index in [-0.39, 0.29) is 11.3 Å². The van der Waals surface area contributed by atoms with E-state index in [1.807, 2.05) is 32.0 Å². The number of ether oxygens (including phenoxy) is 1. The highest BCUT2D eigenvalue weighted by atomic mass is 16.5. The number of aromatic nitrogens is 1. The van der Waals surface area contributed by atoms with Gasteiger partial charge in [0.25, 0.3) is 5.91 Å². The Balaban J connectivity index is 1.67. The smallest absolute Gasteiger partial charge is 0.294 e. The molecular formula is C27H22N2O5. The molecule has 1 aliphatic heterocycles. The Bertz CT molecular complexity index is 1470. The van der Waals surface area contributed by atoms with Crippen molar-refractivity contribution in [1.82, 2.24) is 4.98 Å². The number of methoxy groups -OCH3 is 1. The molecule has 1 atom stereocenters. The van der Waals surface area contributed by atoms with Gasteiger partial charge in [0.05, 0.1) is 18.7 Å². The van der Waals surface area contributed by atoms with Gasteiger partial charge in [0, 0.05) is 23.5 Å². The zero-order chi connectivity index (χ0) is 24.0. The monoisotopic (exact) mass is 454 g/mol. The van der Waals surface area contributed by atoms with E-state index in [4.69, 9.17) is 9.15 Å². The number of anilines is 1. The van der Waals surface area contributed by atoms with Crippen LogP contribution in [0.5, 0.6) is 5.75 Å². The second-order valence-corrected chi connectivity index (χ2v) is 8.23. The molecule has 4 aromatic rings. The molecule has 1 amide bonds. The van der Waals surface area contributed by atoms with Crippen LogP contribution in [0.25, 0.3) is 11.0 Å². The molecule has 0 radical (unpaired) electrons. The molecule has 2 aromatic carbocycles. The van der Waals surface area contributed by atoms with Crippen LogP contribution in [0.2, 0.25) is 0 Å². The highest BCUT2D eigenvalue weighted by molar-refractivity contribution is 6.21. The van der Waals surface area contributed by atoms with Crippen molar-refractivity contribution in [3.63, 3.8) is 0 Å². The van der Waals surface area contributed by atoms with Gasteiger partial charge in [0.1, 0.15) is 0 Å². The number of fused-ring (bicyclic) bond motifs is 1. The van der Waals surface area contributed by atoms with Crippen molar-refractivity contribution in [2.45, 2.75) is 19.9 Å². The summed E-state index contributed by atoms with van der Waals surface area (Å²) in [5, 5.41) is 11.6. The van der Waals surface area contributed by atoms with E-state index in [9.17, 15) is 14.7 Å². The fourth-order valence-electron chi connectivity index (χ4n) is 4.46. The second-order valence-electron chi connectivity index (χ2n) is 8.23. The third-order valence-electron chi connectivity index (χ3n) is 6.02. The third kappa shape index (κ3) is 3.33. The van der Waals surface area contributed by atoms with E-state index in [0.717, 1.165) is 11.1 Å². The Morgan fingerprint density at radius 1 is 1.12 bits per heavy atom. The van der Waals surface area contributed by atoms with Crippen molar-refractivity contribution < 1.29 is 23.8 Å². The summed E-state index contributed by atoms with van der Waals surface area (Å²) >= 11 is 0. The first kappa shape index (κ1) is 21.5. The van der Waals surface area contributed by atoms with Crippen molar-refractivity contribution in [2.24, 2.45) is 0 Å². The molecule has 3 heterocycles. The van der Waals surface area contributed by atoms with Gasteiger partial charge in [0.15, 0.2) is 22.9 Å². The van der Waals surface area contributed by atoms with Gasteiger partial charge in [-0.05, 0) is 49.2 Å². The molecule has 34 heavy (non-hydrogen) atoms. The number of aliphatic hydroxyl groups excluding tert-OH is 1. The maximum absolute atomic E-state index is 13.7. The van der Waals surface area contributed by atoms with Crippen LogP contribution in [0, 0.1) is 13.8 Å². The zero-order valence-electron chi connectivity index (χ0n) is 18.9. The molecule has 0 spiro atoms. The fraction of sp³-hybridized carbons (Fsp3) is 0.148. The minimum Gasteiger partial charge on any atom is -0.503 e. The van der Waals surface area contributed by atoms with Gasteiger partial charge in [-0.25, -0.2) is 0 Å². The minimum absolute atomic E-state index is 0.00483. The summed E-state index contributed by atoms with van der Waals surface area (Å²) in [5.41, 5.74) is 3.44. The first-order chi connectivity index (χ1) is 16.4. The predicted molar refractivity (Wildman–Crippen MR) is 127 cm³/mol. The number of carbonyl (C=O) groups excluding carboxylic acids is 2. The number of furan rings is 1. The Morgan fingerprint density at radius 3 is 2.65 bits per heavy atom. The molecule has 1 N–H and O–H groups in total. The van der Waals surface area contributed by atoms with Gasteiger partial charge in [-0.2, -0.15) is 0 Å². The summed E-state index contributed by atoms with van der Waals surface area (Å²) in [6, 6.07) is 15.2. The van der Waals surface area contributed by atoms with Crippen molar-refractivity contribution in [3.8, 4) is 5.75 Å². The van der Waals surface area contributed by atoms with Crippen LogP contribution < -0.4 is 9.64 Å². The lowest BCUT2D eigenvalue weighted by Gasteiger charge is -2.28. The standard InChI is InChI=1S/C27H22N2O5/c1-15-9-10-19(16(2)12-15)29-23(18-7-5-11-28-14-18)22(25(31)27(29)32)24(30)21-13-17-6-4-8-20(33-3)26(17)34-21/h4-14,23,31H,1-3H3. The molecule has 0 saturated carbocycles. The molecule has 0 saturated heterocycles. The Kier molecular flexibility index (Phi) is 5.17. The van der Waals surface area contributed by atoms with E-state index in [0.29, 0.717) is 28.0 Å². The number of pyridine rings is 1. The fourth-order valence-corrected chi connectivity index (χ4v) is 4.46. The minimum atomic E-state index is -0.870. The number of nitrogens with zero attached hydrogens (tertiary/aromatic N) is 2. The average molecular weight is 454 g/mol. The van der Waals surface area contributed by atoms with Crippen molar-refractivity contribution >= 4 is 28.3 Å². The van der Waals surface area contributed by atoms with Crippen LogP contribution in [-0.4, -0.2) is 28.9 Å². The number of hydrogen-bond donors (Lipinski definition) is 1. The number of carbonyl (C=O) groups is 2. The van der Waals surface area contributed by atoms with Gasteiger partial charge >= 0.3 is 0 Å². The number of para-hydroxylation sites is 1. The maximum atomic E-state index is 13.7.